The van der Waals surface area contributed by atoms with E-state index < -0.39 is 35.5 Å². The van der Waals surface area contributed by atoms with E-state index in [0.29, 0.717) is 49.5 Å². The predicted molar refractivity (Wildman–Crippen MR) is 343 cm³/mol. The summed E-state index contributed by atoms with van der Waals surface area (Å²) in [4.78, 5) is 49.1. The summed E-state index contributed by atoms with van der Waals surface area (Å²) in [5, 5.41) is 12.0. The molecule has 19 heteroatoms. The van der Waals surface area contributed by atoms with Gasteiger partial charge in [-0.15, -0.1) is 0 Å². The number of halogens is 4. The van der Waals surface area contributed by atoms with E-state index in [4.69, 9.17) is 29.3 Å². The SMILES string of the molecule is CC(C)(C)OC(=O)COCC1(F)CCN(c2cncc(N(c3ccccc3)c3ccccc3)n2)CC1.II.O=C(O)COCC1(F)CCN(c2cncc(N(c3ccccc3)c3ccccc3)n2)CC1.c1ccc(Nc2ccccc2)cc1. The van der Waals surface area contributed by atoms with Crippen LogP contribution in [0.1, 0.15) is 46.5 Å². The first-order valence-electron chi connectivity index (χ1n) is 27.1. The van der Waals surface area contributed by atoms with E-state index in [0.717, 1.165) is 34.1 Å². The van der Waals surface area contributed by atoms with E-state index >= 15 is 4.39 Å². The number of hydrogen-bond donors (Lipinski definition) is 2. The van der Waals surface area contributed by atoms with Gasteiger partial charge in [0.25, 0.3) is 0 Å². The minimum atomic E-state index is -1.53. The molecule has 4 heterocycles. The van der Waals surface area contributed by atoms with Crippen LogP contribution in [0.2, 0.25) is 0 Å². The maximum atomic E-state index is 15.4. The summed E-state index contributed by atoms with van der Waals surface area (Å²) in [6, 6.07) is 60.1. The highest BCUT2D eigenvalue weighted by Gasteiger charge is 2.37. The van der Waals surface area contributed by atoms with E-state index in [9.17, 15) is 14.0 Å². The number of anilines is 10. The number of piperidine rings is 2. The molecule has 15 nitrogen and oxygen atoms in total. The fraction of sp³-hybridized carbons (Fsp3) is 0.281. The van der Waals surface area contributed by atoms with Gasteiger partial charge in [0.1, 0.15) is 41.8 Å². The molecular weight excluding hydrogens is 1280 g/mol. The predicted octanol–water partition coefficient (Wildman–Crippen LogP) is 15.2. The number of ether oxygens (including phenoxy) is 3. The van der Waals surface area contributed by atoms with Crippen LogP contribution in [-0.4, -0.2) is 107 Å². The van der Waals surface area contributed by atoms with Crippen LogP contribution in [0, 0.1) is 0 Å². The molecule has 8 aromatic rings. The zero-order valence-corrected chi connectivity index (χ0v) is 51.0. The molecule has 0 radical (unpaired) electrons. The summed E-state index contributed by atoms with van der Waals surface area (Å²) < 4.78 is 45.9. The summed E-state index contributed by atoms with van der Waals surface area (Å²) in [5.74, 6) is 1.13. The van der Waals surface area contributed by atoms with Crippen molar-refractivity contribution in [2.75, 3.05) is 77.5 Å². The van der Waals surface area contributed by atoms with Gasteiger partial charge in [-0.1, -0.05) is 109 Å². The van der Waals surface area contributed by atoms with Gasteiger partial charge < -0.3 is 34.4 Å². The van der Waals surface area contributed by atoms with Crippen LogP contribution in [0.3, 0.4) is 0 Å². The molecule has 0 spiro atoms. The van der Waals surface area contributed by atoms with Crippen LogP contribution in [0.25, 0.3) is 0 Å². The topological polar surface area (TPSA) is 159 Å². The lowest BCUT2D eigenvalue weighted by Crippen LogP contribution is -2.45. The second-order valence-electron chi connectivity index (χ2n) is 20.6. The van der Waals surface area contributed by atoms with Crippen LogP contribution in [-0.2, 0) is 23.8 Å². The quantitative estimate of drug-likeness (QED) is 0.0617. The number of para-hydroxylation sites is 6. The number of esters is 1. The summed E-state index contributed by atoms with van der Waals surface area (Å²) in [7, 11) is 0. The van der Waals surface area contributed by atoms with Crippen LogP contribution in [0.15, 0.2) is 207 Å². The molecule has 0 atom stereocenters. The maximum absolute atomic E-state index is 15.4. The van der Waals surface area contributed by atoms with Crippen molar-refractivity contribution >= 4 is 107 Å². The smallest absolute Gasteiger partial charge is 0.332 e. The lowest BCUT2D eigenvalue weighted by Gasteiger charge is -2.37. The monoisotopic (exact) mass is 1350 g/mol. The Bertz CT molecular complexity index is 3050. The minimum absolute atomic E-state index is 0.137. The molecule has 2 saturated heterocycles. The van der Waals surface area contributed by atoms with Gasteiger partial charge in [0.05, 0.1) is 38.0 Å². The number of nitrogens with zero attached hydrogens (tertiary/aromatic N) is 8. The number of carbonyl (C=O) groups is 2. The maximum Gasteiger partial charge on any atom is 0.332 e. The highest BCUT2D eigenvalue weighted by molar-refractivity contribution is 15.0. The number of aromatic nitrogens is 4. The molecule has 0 unspecified atom stereocenters. The van der Waals surface area contributed by atoms with Crippen molar-refractivity contribution in [2.24, 2.45) is 0 Å². The lowest BCUT2D eigenvalue weighted by molar-refractivity contribution is -0.161. The van der Waals surface area contributed by atoms with Crippen molar-refractivity contribution < 1.29 is 37.7 Å². The van der Waals surface area contributed by atoms with E-state index in [1.54, 1.807) is 45.6 Å². The molecule has 0 aliphatic carbocycles. The molecule has 2 aliphatic rings. The standard InChI is InChI=1S/C28H33FN4O3.C24H25FN4O3.C12H11N.I2/c1-27(2,3)36-26(34)20-35-21-28(29)14-16-32(17-15-28)24-18-30-19-25(31-24)33(22-10-6-4-7-11-22)23-12-8-5-9-13-23;25-24(18-32-17-23(30)31)11-13-28(14-12-24)21-15-26-16-22(27-21)29(19-7-3-1-4-8-19)20-9-5-2-6-10-20;1-3-7-11(8-4-1)13-12-9-5-2-6-10-12;1-2/h4-13,18-19H,14-17,20-21H2,1-3H3;1-10,15-16H,11-14,17-18H2,(H,30,31);1-10,13H;. The van der Waals surface area contributed by atoms with Crippen LogP contribution in [0.4, 0.5) is 66.2 Å². The minimum Gasteiger partial charge on any atom is -0.480 e. The van der Waals surface area contributed by atoms with Gasteiger partial charge in [-0.2, -0.15) is 0 Å². The van der Waals surface area contributed by atoms with Gasteiger partial charge >= 0.3 is 11.9 Å². The number of aliphatic carboxylic acids is 1. The molecule has 2 fully saturated rings. The fourth-order valence-electron chi connectivity index (χ4n) is 9.13. The number of carboxylic acids is 1. The Morgan fingerprint density at radius 2 is 0.843 bits per heavy atom. The summed E-state index contributed by atoms with van der Waals surface area (Å²) >= 11 is 4.24. The number of alkyl halides is 2. The van der Waals surface area contributed by atoms with Crippen molar-refractivity contribution in [3.63, 3.8) is 0 Å². The number of carboxylic acid groups (broad SMARTS) is 1. The number of nitrogens with one attached hydrogen (secondary N) is 1. The van der Waals surface area contributed by atoms with Crippen molar-refractivity contribution in [3.05, 3.63) is 207 Å². The molecular formula is C64H69F2I2N9O6. The molecule has 83 heavy (non-hydrogen) atoms. The van der Waals surface area contributed by atoms with Crippen LogP contribution < -0.4 is 24.9 Å². The third-order valence-electron chi connectivity index (χ3n) is 13.1. The number of benzene rings is 6. The van der Waals surface area contributed by atoms with Crippen LogP contribution in [0.5, 0.6) is 0 Å². The zero-order chi connectivity index (χ0) is 58.9. The first kappa shape index (κ1) is 63.2. The second-order valence-corrected chi connectivity index (χ2v) is 20.6. The van der Waals surface area contributed by atoms with E-state index in [1.807, 2.05) is 202 Å². The van der Waals surface area contributed by atoms with Gasteiger partial charge in [0, 0.05) is 123 Å². The fourth-order valence-corrected chi connectivity index (χ4v) is 9.13. The largest absolute Gasteiger partial charge is 0.480 e. The summed E-state index contributed by atoms with van der Waals surface area (Å²) in [5.41, 5.74) is 2.48. The Morgan fingerprint density at radius 1 is 0.530 bits per heavy atom. The number of carbonyl (C=O) groups excluding carboxylic acids is 1. The lowest BCUT2D eigenvalue weighted by atomic mass is 9.94. The van der Waals surface area contributed by atoms with Gasteiger partial charge in [0.15, 0.2) is 11.6 Å². The third-order valence-corrected chi connectivity index (χ3v) is 13.1. The third kappa shape index (κ3) is 20.2. The Kier molecular flexibility index (Phi) is 24.3. The van der Waals surface area contributed by atoms with Gasteiger partial charge in [0.2, 0.25) is 0 Å². The van der Waals surface area contributed by atoms with Crippen molar-refractivity contribution in [1.29, 1.82) is 0 Å². The van der Waals surface area contributed by atoms with Gasteiger partial charge in [-0.25, -0.2) is 28.3 Å². The zero-order valence-electron chi connectivity index (χ0n) is 46.7. The molecule has 6 aromatic carbocycles. The molecule has 2 aromatic heterocycles. The summed E-state index contributed by atoms with van der Waals surface area (Å²) in [6.45, 7) is 6.10. The van der Waals surface area contributed by atoms with Gasteiger partial charge in [-0.05, 0) is 93.6 Å². The van der Waals surface area contributed by atoms with E-state index in [2.05, 4.69) is 52.5 Å². The molecule has 2 N–H and O–H groups in total. The number of rotatable bonds is 18. The molecule has 0 amide bonds. The summed E-state index contributed by atoms with van der Waals surface area (Å²) in [6.07, 6.45) is 7.86. The highest BCUT2D eigenvalue weighted by atomic mass is 128. The van der Waals surface area contributed by atoms with E-state index in [1.165, 1.54) is 0 Å². The average Bonchev–Trinajstić information content (AvgIpc) is 3.68. The average molecular weight is 1350 g/mol. The Labute approximate surface area is 508 Å². The normalized spacial score (nSPS) is 14.2. The Balaban J connectivity index is 0.000000192. The molecule has 0 bridgehead atoms. The van der Waals surface area contributed by atoms with Crippen molar-refractivity contribution in [1.82, 2.24) is 19.9 Å². The molecule has 2 aliphatic heterocycles. The van der Waals surface area contributed by atoms with Crippen molar-refractivity contribution in [2.45, 2.75) is 63.4 Å². The van der Waals surface area contributed by atoms with E-state index in [-0.39, 0.29) is 45.5 Å². The molecule has 10 rings (SSSR count). The molecule has 434 valence electrons. The first-order valence-corrected chi connectivity index (χ1v) is 33.4. The van der Waals surface area contributed by atoms with Gasteiger partial charge in [-0.3, -0.25) is 19.8 Å². The molecule has 0 saturated carbocycles. The second kappa shape index (κ2) is 31.9. The van der Waals surface area contributed by atoms with Crippen LogP contribution >= 0.6 is 37.2 Å². The number of hydrogen-bond acceptors (Lipinski definition) is 14. The first-order chi connectivity index (χ1) is 40.2. The Hall–Kier alpha value is -7.34. The highest BCUT2D eigenvalue weighted by Crippen LogP contribution is 2.37. The Morgan fingerprint density at radius 3 is 1.16 bits per heavy atom. The van der Waals surface area contributed by atoms with Crippen molar-refractivity contribution in [3.8, 4) is 0 Å².